The molecule has 0 atom stereocenters. The lowest BCUT2D eigenvalue weighted by Crippen LogP contribution is -2.05. The smallest absolute Gasteiger partial charge is 0.136 e. The van der Waals surface area contributed by atoms with Crippen LogP contribution in [0.3, 0.4) is 0 Å². The van der Waals surface area contributed by atoms with E-state index in [0.717, 1.165) is 45.3 Å². The molecule has 2 N–H and O–H groups in total. The summed E-state index contributed by atoms with van der Waals surface area (Å²) in [7, 11) is 0. The highest BCUT2D eigenvalue weighted by Crippen LogP contribution is 2.31. The number of aromatic nitrogens is 2. The fourth-order valence-electron chi connectivity index (χ4n) is 1.86. The number of halogens is 2. The molecule has 0 amide bonds. The molecule has 0 aliphatic carbocycles. The van der Waals surface area contributed by atoms with Crippen molar-refractivity contribution >= 4 is 44.9 Å². The summed E-state index contributed by atoms with van der Waals surface area (Å²) < 4.78 is 0.948. The molecule has 0 saturated heterocycles. The van der Waals surface area contributed by atoms with Crippen LogP contribution in [-0.4, -0.2) is 16.5 Å². The van der Waals surface area contributed by atoms with Gasteiger partial charge in [-0.2, -0.15) is 0 Å². The van der Waals surface area contributed by atoms with Crippen LogP contribution in [0.4, 0.5) is 17.3 Å². The molecule has 0 aliphatic rings. The fourth-order valence-corrected chi connectivity index (χ4v) is 2.58. The third kappa shape index (κ3) is 4.32. The predicted octanol–water partition coefficient (Wildman–Crippen LogP) is 5.07. The fraction of sp³-hybridized carbons (Fsp3) is 0.333. The van der Waals surface area contributed by atoms with Crippen LogP contribution in [0.5, 0.6) is 0 Å². The number of nitrogens with one attached hydrogen (secondary N) is 2. The van der Waals surface area contributed by atoms with Crippen molar-refractivity contribution in [2.75, 3.05) is 17.2 Å². The average Bonchev–Trinajstić information content (AvgIpc) is 2.42. The largest absolute Gasteiger partial charge is 0.370 e. The number of aryl methyl sites for hydroxylation is 2. The lowest BCUT2D eigenvalue weighted by Gasteiger charge is -2.12. The van der Waals surface area contributed by atoms with Crippen molar-refractivity contribution < 1.29 is 0 Å². The number of nitrogens with zero attached hydrogens (tertiary/aromatic N) is 2. The highest BCUT2D eigenvalue weighted by Gasteiger charge is 2.07. The molecule has 21 heavy (non-hydrogen) atoms. The van der Waals surface area contributed by atoms with Crippen molar-refractivity contribution in [2.45, 2.75) is 27.2 Å². The zero-order valence-electron chi connectivity index (χ0n) is 12.3. The molecule has 0 spiro atoms. The lowest BCUT2D eigenvalue weighted by molar-refractivity contribution is 0.955. The summed E-state index contributed by atoms with van der Waals surface area (Å²) in [5, 5.41) is 7.26. The van der Waals surface area contributed by atoms with E-state index in [0.29, 0.717) is 5.82 Å². The van der Waals surface area contributed by atoms with Crippen LogP contribution >= 0.6 is 27.5 Å². The molecular formula is C15H18BrClN4. The van der Waals surface area contributed by atoms with Gasteiger partial charge in [-0.15, -0.1) is 0 Å². The van der Waals surface area contributed by atoms with Gasteiger partial charge in [-0.05, 0) is 53.9 Å². The van der Waals surface area contributed by atoms with Crippen molar-refractivity contribution in [1.29, 1.82) is 0 Å². The van der Waals surface area contributed by atoms with Crippen molar-refractivity contribution in [2.24, 2.45) is 0 Å². The quantitative estimate of drug-likeness (QED) is 0.772. The zero-order valence-corrected chi connectivity index (χ0v) is 14.6. The van der Waals surface area contributed by atoms with Gasteiger partial charge in [-0.1, -0.05) is 18.5 Å². The van der Waals surface area contributed by atoms with E-state index in [2.05, 4.69) is 43.5 Å². The highest BCUT2D eigenvalue weighted by atomic mass is 79.9. The molecule has 0 aliphatic heterocycles. The van der Waals surface area contributed by atoms with Crippen LogP contribution in [-0.2, 0) is 0 Å². The number of benzene rings is 1. The maximum Gasteiger partial charge on any atom is 0.136 e. The van der Waals surface area contributed by atoms with Gasteiger partial charge in [0.05, 0.1) is 5.69 Å². The Bertz CT molecular complexity index is 646. The minimum absolute atomic E-state index is 0.716. The van der Waals surface area contributed by atoms with Crippen molar-refractivity contribution in [3.8, 4) is 0 Å². The summed E-state index contributed by atoms with van der Waals surface area (Å²) in [6.45, 7) is 6.85. The number of rotatable bonds is 5. The molecule has 2 aromatic rings. The molecule has 0 saturated carbocycles. The molecular weight excluding hydrogens is 352 g/mol. The second-order valence-electron chi connectivity index (χ2n) is 4.82. The van der Waals surface area contributed by atoms with E-state index < -0.39 is 0 Å². The third-order valence-electron chi connectivity index (χ3n) is 2.91. The average molecular weight is 370 g/mol. The molecule has 1 aromatic carbocycles. The monoisotopic (exact) mass is 368 g/mol. The molecule has 6 heteroatoms. The minimum atomic E-state index is 0.716. The third-order valence-corrected chi connectivity index (χ3v) is 3.97. The van der Waals surface area contributed by atoms with Crippen LogP contribution in [0, 0.1) is 13.8 Å². The van der Waals surface area contributed by atoms with Crippen molar-refractivity contribution in [3.05, 3.63) is 39.1 Å². The Hall–Kier alpha value is -1.33. The first-order valence-corrected chi connectivity index (χ1v) is 7.99. The van der Waals surface area contributed by atoms with Gasteiger partial charge in [0, 0.05) is 22.1 Å². The van der Waals surface area contributed by atoms with Crippen LogP contribution in [0.25, 0.3) is 0 Å². The highest BCUT2D eigenvalue weighted by molar-refractivity contribution is 9.10. The molecule has 2 rings (SSSR count). The van der Waals surface area contributed by atoms with E-state index in [4.69, 9.17) is 11.6 Å². The summed E-state index contributed by atoms with van der Waals surface area (Å²) in [5.41, 5.74) is 1.91. The Balaban J connectivity index is 2.27. The van der Waals surface area contributed by atoms with Gasteiger partial charge in [0.25, 0.3) is 0 Å². The Morgan fingerprint density at radius 1 is 1.14 bits per heavy atom. The predicted molar refractivity (Wildman–Crippen MR) is 92.7 cm³/mol. The first-order chi connectivity index (χ1) is 9.99. The maximum atomic E-state index is 6.18. The Kier molecular flexibility index (Phi) is 5.42. The topological polar surface area (TPSA) is 49.8 Å². The van der Waals surface area contributed by atoms with Crippen molar-refractivity contribution in [1.82, 2.24) is 9.97 Å². The molecule has 4 nitrogen and oxygen atoms in total. The molecule has 0 bridgehead atoms. The standard InChI is InChI=1S/C15H18BrClN4/c1-4-5-18-14-8-15(20-10(3)19-14)21-13-7-12(17)9(2)6-11(13)16/h6-8H,4-5H2,1-3H3,(H2,18,19,20,21). The van der Waals surface area contributed by atoms with Crippen LogP contribution < -0.4 is 10.6 Å². The van der Waals surface area contributed by atoms with Crippen LogP contribution in [0.15, 0.2) is 22.7 Å². The van der Waals surface area contributed by atoms with Gasteiger partial charge in [0.15, 0.2) is 0 Å². The van der Waals surface area contributed by atoms with E-state index >= 15 is 0 Å². The van der Waals surface area contributed by atoms with E-state index in [9.17, 15) is 0 Å². The second kappa shape index (κ2) is 7.09. The Morgan fingerprint density at radius 2 is 1.86 bits per heavy atom. The molecule has 0 radical (unpaired) electrons. The Labute approximate surface area is 138 Å². The van der Waals surface area contributed by atoms with Gasteiger partial charge in [0.1, 0.15) is 17.5 Å². The maximum absolute atomic E-state index is 6.18. The van der Waals surface area contributed by atoms with Gasteiger partial charge >= 0.3 is 0 Å². The lowest BCUT2D eigenvalue weighted by atomic mass is 10.2. The van der Waals surface area contributed by atoms with E-state index in [1.165, 1.54) is 0 Å². The molecule has 112 valence electrons. The number of hydrogen-bond acceptors (Lipinski definition) is 4. The molecule has 0 fully saturated rings. The first-order valence-electron chi connectivity index (χ1n) is 6.82. The van der Waals surface area contributed by atoms with E-state index in [1.54, 1.807) is 0 Å². The zero-order chi connectivity index (χ0) is 15.4. The van der Waals surface area contributed by atoms with Crippen molar-refractivity contribution in [3.63, 3.8) is 0 Å². The molecule has 0 unspecified atom stereocenters. The normalized spacial score (nSPS) is 10.5. The van der Waals surface area contributed by atoms with E-state index in [1.807, 2.05) is 32.0 Å². The number of hydrogen-bond donors (Lipinski definition) is 2. The summed E-state index contributed by atoms with van der Waals surface area (Å²) in [6.07, 6.45) is 1.05. The van der Waals surface area contributed by atoms with Gasteiger partial charge < -0.3 is 10.6 Å². The summed E-state index contributed by atoms with van der Waals surface area (Å²) >= 11 is 9.71. The van der Waals surface area contributed by atoms with Crippen LogP contribution in [0.2, 0.25) is 5.02 Å². The summed E-state index contributed by atoms with van der Waals surface area (Å²) in [5.74, 6) is 2.27. The first kappa shape index (κ1) is 16.0. The van der Waals surface area contributed by atoms with Crippen LogP contribution in [0.1, 0.15) is 24.7 Å². The summed E-state index contributed by atoms with van der Waals surface area (Å²) in [4.78, 5) is 8.77. The SMILES string of the molecule is CCCNc1cc(Nc2cc(Cl)c(C)cc2Br)nc(C)n1. The Morgan fingerprint density at radius 3 is 2.57 bits per heavy atom. The van der Waals surface area contributed by atoms with Gasteiger partial charge in [-0.3, -0.25) is 0 Å². The molecule has 1 heterocycles. The van der Waals surface area contributed by atoms with Gasteiger partial charge in [-0.25, -0.2) is 9.97 Å². The minimum Gasteiger partial charge on any atom is -0.370 e. The summed E-state index contributed by atoms with van der Waals surface area (Å²) in [6, 6.07) is 5.76. The number of anilines is 3. The van der Waals surface area contributed by atoms with E-state index in [-0.39, 0.29) is 0 Å². The van der Waals surface area contributed by atoms with Gasteiger partial charge in [0.2, 0.25) is 0 Å². The molecule has 1 aromatic heterocycles. The second-order valence-corrected chi connectivity index (χ2v) is 6.08.